The van der Waals surface area contributed by atoms with Crippen molar-refractivity contribution in [3.8, 4) is 11.1 Å². The van der Waals surface area contributed by atoms with E-state index in [-0.39, 0.29) is 28.8 Å². The van der Waals surface area contributed by atoms with E-state index >= 15 is 4.39 Å². The lowest BCUT2D eigenvalue weighted by Gasteiger charge is -2.35. The molecule has 2 aromatic carbocycles. The smallest absolute Gasteiger partial charge is 0.247 e. The first kappa shape index (κ1) is 25.8. The van der Waals surface area contributed by atoms with Crippen molar-refractivity contribution in [3.63, 3.8) is 0 Å². The molecule has 2 aliphatic heterocycles. The van der Waals surface area contributed by atoms with Crippen LogP contribution in [0.2, 0.25) is 5.02 Å². The number of anilines is 1. The van der Waals surface area contributed by atoms with Crippen molar-refractivity contribution in [1.29, 1.82) is 0 Å². The fourth-order valence-corrected chi connectivity index (χ4v) is 6.06. The van der Waals surface area contributed by atoms with Gasteiger partial charge in [-0.05, 0) is 79.0 Å². The van der Waals surface area contributed by atoms with Gasteiger partial charge in [0.1, 0.15) is 5.82 Å². The molecular weight excluding hydrogens is 513 g/mol. The summed E-state index contributed by atoms with van der Waals surface area (Å²) in [5, 5.41) is 3.18. The second-order valence-electron chi connectivity index (χ2n) is 10.9. The minimum absolute atomic E-state index is 0.00880. The molecule has 1 aromatic heterocycles. The number of benzene rings is 2. The Balaban J connectivity index is 1.36. The quantitative estimate of drug-likeness (QED) is 0.371. The lowest BCUT2D eigenvalue weighted by molar-refractivity contribution is -0.129. The van der Waals surface area contributed by atoms with Gasteiger partial charge in [-0.2, -0.15) is 0 Å². The summed E-state index contributed by atoms with van der Waals surface area (Å²) in [6, 6.07) is 15.0. The summed E-state index contributed by atoms with van der Waals surface area (Å²) in [6.07, 6.45) is 8.12. The van der Waals surface area contributed by atoms with Crippen LogP contribution in [-0.4, -0.2) is 28.2 Å². The molecular formula is C32H31ClFN3O2. The molecule has 2 amide bonds. The molecule has 6 rings (SSSR count). The van der Waals surface area contributed by atoms with Crippen LogP contribution in [0.15, 0.2) is 60.8 Å². The molecule has 0 saturated heterocycles. The average Bonchev–Trinajstić information content (AvgIpc) is 3.78. The third-order valence-electron chi connectivity index (χ3n) is 8.23. The summed E-state index contributed by atoms with van der Waals surface area (Å²) in [7, 11) is 0. The van der Waals surface area contributed by atoms with Gasteiger partial charge < -0.3 is 10.2 Å². The Bertz CT molecular complexity index is 1480. The molecule has 2 bridgehead atoms. The van der Waals surface area contributed by atoms with E-state index < -0.39 is 5.82 Å². The highest BCUT2D eigenvalue weighted by atomic mass is 35.5. The number of fused-ring (bicyclic) bond motifs is 4. The first-order chi connectivity index (χ1) is 18.9. The van der Waals surface area contributed by atoms with Crippen LogP contribution < -0.4 is 5.32 Å². The molecule has 2 atom stereocenters. The molecule has 3 aromatic rings. The monoisotopic (exact) mass is 543 g/mol. The molecule has 1 aliphatic carbocycles. The van der Waals surface area contributed by atoms with E-state index in [2.05, 4.69) is 5.32 Å². The maximum absolute atomic E-state index is 15.3. The van der Waals surface area contributed by atoms with Gasteiger partial charge in [0.05, 0.1) is 16.8 Å². The molecule has 2 unspecified atom stereocenters. The first-order valence-corrected chi connectivity index (χ1v) is 14.1. The number of aromatic nitrogens is 1. The Hall–Kier alpha value is -3.51. The predicted octanol–water partition coefficient (Wildman–Crippen LogP) is 7.53. The number of para-hydroxylation sites is 1. The number of hydrogen-bond acceptors (Lipinski definition) is 3. The molecule has 3 aliphatic rings. The third kappa shape index (κ3) is 5.10. The zero-order valence-corrected chi connectivity index (χ0v) is 22.7. The Morgan fingerprint density at radius 1 is 1.05 bits per heavy atom. The maximum atomic E-state index is 15.3. The lowest BCUT2D eigenvalue weighted by atomic mass is 9.90. The Morgan fingerprint density at radius 2 is 1.87 bits per heavy atom. The zero-order valence-electron chi connectivity index (χ0n) is 21.9. The minimum atomic E-state index is -0.431. The third-order valence-corrected chi connectivity index (χ3v) is 8.52. The topological polar surface area (TPSA) is 62.3 Å². The highest BCUT2D eigenvalue weighted by molar-refractivity contribution is 6.31. The van der Waals surface area contributed by atoms with E-state index in [1.807, 2.05) is 54.3 Å². The van der Waals surface area contributed by atoms with E-state index in [4.69, 9.17) is 16.6 Å². The second kappa shape index (κ2) is 10.6. The van der Waals surface area contributed by atoms with Gasteiger partial charge in [0.15, 0.2) is 0 Å². The summed E-state index contributed by atoms with van der Waals surface area (Å²) < 4.78 is 15.3. The van der Waals surface area contributed by atoms with Gasteiger partial charge in [-0.15, -0.1) is 0 Å². The van der Waals surface area contributed by atoms with Gasteiger partial charge in [-0.25, -0.2) is 4.39 Å². The van der Waals surface area contributed by atoms with E-state index in [1.54, 1.807) is 18.3 Å². The number of nitrogens with one attached hydrogen (secondary N) is 1. The van der Waals surface area contributed by atoms with Gasteiger partial charge >= 0.3 is 0 Å². The fourth-order valence-electron chi connectivity index (χ4n) is 5.90. The van der Waals surface area contributed by atoms with Gasteiger partial charge in [-0.3, -0.25) is 14.6 Å². The van der Waals surface area contributed by atoms with Crippen molar-refractivity contribution in [3.05, 3.63) is 88.5 Å². The van der Waals surface area contributed by atoms with Crippen LogP contribution in [0.4, 0.5) is 10.1 Å². The Kier molecular flexibility index (Phi) is 6.98. The van der Waals surface area contributed by atoms with E-state index in [0.717, 1.165) is 47.3 Å². The normalized spacial score (nSPS) is 21.8. The predicted molar refractivity (Wildman–Crippen MR) is 152 cm³/mol. The lowest BCUT2D eigenvalue weighted by Crippen LogP contribution is -2.38. The highest BCUT2D eigenvalue weighted by Crippen LogP contribution is 2.46. The van der Waals surface area contributed by atoms with Crippen molar-refractivity contribution in [1.82, 2.24) is 9.88 Å². The molecule has 5 nitrogen and oxygen atoms in total. The Labute approximate surface area is 233 Å². The first-order valence-electron chi connectivity index (χ1n) is 13.8. The van der Waals surface area contributed by atoms with Crippen molar-refractivity contribution in [2.75, 3.05) is 11.9 Å². The van der Waals surface area contributed by atoms with Crippen LogP contribution in [0, 0.1) is 11.7 Å². The fraction of sp³-hybridized carbons (Fsp3) is 0.344. The number of carbonyl (C=O) groups excluding carboxylic acids is 2. The largest absolute Gasteiger partial charge is 0.330 e. The summed E-state index contributed by atoms with van der Waals surface area (Å²) in [6.45, 7) is 2.40. The van der Waals surface area contributed by atoms with Crippen LogP contribution >= 0.6 is 11.6 Å². The molecule has 0 spiro atoms. The van der Waals surface area contributed by atoms with Crippen LogP contribution in [0.1, 0.15) is 74.2 Å². The van der Waals surface area contributed by atoms with Crippen LogP contribution in [0.25, 0.3) is 16.7 Å². The molecule has 39 heavy (non-hydrogen) atoms. The standard InChI is InChI=1S/C32H31ClFN3O2/c1-19-5-4-8-28(27-17-21(13-15-35-27)23-6-2-3-7-26(23)36-32(19)39)37-16-14-22(18-29(37)38)30-24(20-9-10-20)11-12-25(33)31(30)34/h2-3,6-7,11-13,15,17-20,28H,4-5,8-10,14,16H2,1H3,(H,36,39). The van der Waals surface area contributed by atoms with Crippen LogP contribution in [0.3, 0.4) is 0 Å². The van der Waals surface area contributed by atoms with E-state index in [1.165, 1.54) is 0 Å². The van der Waals surface area contributed by atoms with Gasteiger partial charge in [-0.1, -0.05) is 49.2 Å². The van der Waals surface area contributed by atoms with E-state index in [9.17, 15) is 9.59 Å². The summed E-state index contributed by atoms with van der Waals surface area (Å²) in [5.74, 6) is -0.418. The number of carbonyl (C=O) groups is 2. The maximum Gasteiger partial charge on any atom is 0.247 e. The Morgan fingerprint density at radius 3 is 2.67 bits per heavy atom. The van der Waals surface area contributed by atoms with E-state index in [0.29, 0.717) is 42.9 Å². The molecule has 1 fully saturated rings. The average molecular weight is 544 g/mol. The number of pyridine rings is 1. The van der Waals surface area contributed by atoms with Crippen molar-refractivity contribution in [2.24, 2.45) is 5.92 Å². The second-order valence-corrected chi connectivity index (χ2v) is 11.3. The summed E-state index contributed by atoms with van der Waals surface area (Å²) in [4.78, 5) is 33.1. The summed E-state index contributed by atoms with van der Waals surface area (Å²) >= 11 is 6.17. The van der Waals surface area contributed by atoms with Crippen molar-refractivity contribution >= 4 is 34.7 Å². The number of rotatable bonds is 3. The minimum Gasteiger partial charge on any atom is -0.330 e. The number of halogens is 2. The summed E-state index contributed by atoms with van der Waals surface area (Å²) in [5.41, 5.74) is 5.61. The number of nitrogens with zero attached hydrogens (tertiary/aromatic N) is 2. The number of amides is 2. The van der Waals surface area contributed by atoms with Crippen molar-refractivity contribution < 1.29 is 14.0 Å². The van der Waals surface area contributed by atoms with Crippen LogP contribution in [-0.2, 0) is 9.59 Å². The molecule has 3 heterocycles. The van der Waals surface area contributed by atoms with Crippen molar-refractivity contribution in [2.45, 2.75) is 57.4 Å². The number of hydrogen-bond donors (Lipinski definition) is 1. The molecule has 1 N–H and O–H groups in total. The van der Waals surface area contributed by atoms with Gasteiger partial charge in [0.2, 0.25) is 11.8 Å². The SMILES string of the molecule is CC1CCCC(N2CCC(c3c(C4CC4)ccc(Cl)c3F)=CC2=O)c2cc(ccn2)-c2ccccc2NC1=O. The van der Waals surface area contributed by atoms with Gasteiger partial charge in [0.25, 0.3) is 0 Å². The highest BCUT2D eigenvalue weighted by Gasteiger charge is 2.34. The van der Waals surface area contributed by atoms with Gasteiger partial charge in [0, 0.05) is 41.5 Å². The molecule has 200 valence electrons. The molecule has 7 heteroatoms. The zero-order chi connectivity index (χ0) is 27.1. The molecule has 0 radical (unpaired) electrons. The van der Waals surface area contributed by atoms with Crippen LogP contribution in [0.5, 0.6) is 0 Å². The molecule has 1 saturated carbocycles.